The van der Waals surface area contributed by atoms with Gasteiger partial charge in [-0.05, 0) is 61.4 Å². The van der Waals surface area contributed by atoms with E-state index in [0.29, 0.717) is 42.4 Å². The smallest absolute Gasteiger partial charge is 0.243 e. The third kappa shape index (κ3) is 4.24. The molecule has 1 aliphatic heterocycles. The molecule has 0 unspecified atom stereocenters. The number of pyridine rings is 1. The summed E-state index contributed by atoms with van der Waals surface area (Å²) in [7, 11) is -2.00. The zero-order valence-electron chi connectivity index (χ0n) is 17.8. The molecule has 1 fully saturated rings. The molecule has 0 spiro atoms. The first kappa shape index (κ1) is 21.2. The molecule has 1 aliphatic rings. The number of rotatable bonds is 5. The van der Waals surface area contributed by atoms with E-state index in [-0.39, 0.29) is 0 Å². The highest BCUT2D eigenvalue weighted by Crippen LogP contribution is 2.28. The molecule has 9 heteroatoms. The fourth-order valence-electron chi connectivity index (χ4n) is 3.72. The predicted molar refractivity (Wildman–Crippen MR) is 119 cm³/mol. The third-order valence-electron chi connectivity index (χ3n) is 5.48. The van der Waals surface area contributed by atoms with Crippen molar-refractivity contribution in [3.63, 3.8) is 0 Å². The van der Waals surface area contributed by atoms with Crippen LogP contribution in [0.25, 0.3) is 11.3 Å². The van der Waals surface area contributed by atoms with E-state index in [1.54, 1.807) is 38.6 Å². The maximum absolute atomic E-state index is 13.2. The number of aromatic nitrogens is 3. The summed E-state index contributed by atoms with van der Waals surface area (Å²) in [6.45, 7) is 5.52. The number of sulfonamides is 1. The Balaban J connectivity index is 1.47. The Labute approximate surface area is 182 Å². The van der Waals surface area contributed by atoms with E-state index in [9.17, 15) is 8.42 Å². The highest BCUT2D eigenvalue weighted by molar-refractivity contribution is 7.89. The van der Waals surface area contributed by atoms with Gasteiger partial charge in [0.05, 0.1) is 17.7 Å². The molecule has 0 atom stereocenters. The number of nitrogens with zero attached hydrogens (tertiary/aromatic N) is 5. The Hall–Kier alpha value is -3.04. The number of anilines is 1. The van der Waals surface area contributed by atoms with Crippen molar-refractivity contribution in [1.82, 2.24) is 19.5 Å². The van der Waals surface area contributed by atoms with Crippen LogP contribution < -0.4 is 9.64 Å². The second-order valence-corrected chi connectivity index (χ2v) is 9.40. The van der Waals surface area contributed by atoms with Crippen LogP contribution in [0.4, 0.5) is 5.82 Å². The van der Waals surface area contributed by atoms with E-state index in [1.807, 2.05) is 31.2 Å². The van der Waals surface area contributed by atoms with E-state index >= 15 is 0 Å². The van der Waals surface area contributed by atoms with Gasteiger partial charge in [0.1, 0.15) is 5.75 Å². The van der Waals surface area contributed by atoms with Gasteiger partial charge >= 0.3 is 0 Å². The molecule has 4 rings (SSSR count). The SMILES string of the molecule is COc1cc(C)c(S(=O)(=O)N2CCN(c3ccc(-c4cccnc4)nn3)CC2)cc1C. The lowest BCUT2D eigenvalue weighted by Crippen LogP contribution is -2.49. The van der Waals surface area contributed by atoms with Crippen molar-refractivity contribution < 1.29 is 13.2 Å². The van der Waals surface area contributed by atoms with E-state index in [1.165, 1.54) is 4.31 Å². The van der Waals surface area contributed by atoms with Crippen molar-refractivity contribution in [2.75, 3.05) is 38.2 Å². The van der Waals surface area contributed by atoms with Gasteiger partial charge < -0.3 is 9.64 Å². The van der Waals surface area contributed by atoms with Crippen molar-refractivity contribution in [2.45, 2.75) is 18.7 Å². The summed E-state index contributed by atoms with van der Waals surface area (Å²) in [4.78, 5) is 6.49. The predicted octanol–water partition coefficient (Wildman–Crippen LogP) is 2.67. The summed E-state index contributed by atoms with van der Waals surface area (Å²) in [6.07, 6.45) is 3.46. The van der Waals surface area contributed by atoms with Crippen molar-refractivity contribution in [1.29, 1.82) is 0 Å². The van der Waals surface area contributed by atoms with Crippen LogP contribution >= 0.6 is 0 Å². The van der Waals surface area contributed by atoms with Gasteiger partial charge in [0.25, 0.3) is 0 Å². The van der Waals surface area contributed by atoms with Crippen molar-refractivity contribution in [3.05, 3.63) is 59.9 Å². The number of ether oxygens (including phenoxy) is 1. The summed E-state index contributed by atoms with van der Waals surface area (Å²) in [5.41, 5.74) is 3.14. The van der Waals surface area contributed by atoms with Crippen LogP contribution in [0.2, 0.25) is 0 Å². The quantitative estimate of drug-likeness (QED) is 0.604. The minimum atomic E-state index is -3.58. The fraction of sp³-hybridized carbons (Fsp3) is 0.318. The Morgan fingerprint density at radius 2 is 1.74 bits per heavy atom. The van der Waals surface area contributed by atoms with E-state index in [4.69, 9.17) is 4.74 Å². The van der Waals surface area contributed by atoms with E-state index in [0.717, 1.165) is 22.6 Å². The molecule has 2 aromatic heterocycles. The van der Waals surface area contributed by atoms with Crippen LogP contribution in [0.5, 0.6) is 5.75 Å². The first-order valence-electron chi connectivity index (χ1n) is 10.0. The molecular formula is C22H25N5O3S. The summed E-state index contributed by atoms with van der Waals surface area (Å²) >= 11 is 0. The van der Waals surface area contributed by atoms with E-state index < -0.39 is 10.0 Å². The summed E-state index contributed by atoms with van der Waals surface area (Å²) in [5.74, 6) is 1.43. The lowest BCUT2D eigenvalue weighted by Gasteiger charge is -2.34. The largest absolute Gasteiger partial charge is 0.496 e. The summed E-state index contributed by atoms with van der Waals surface area (Å²) in [5, 5.41) is 8.64. The Kier molecular flexibility index (Phi) is 5.88. The highest BCUT2D eigenvalue weighted by atomic mass is 32.2. The highest BCUT2D eigenvalue weighted by Gasteiger charge is 2.30. The number of aryl methyl sites for hydroxylation is 2. The van der Waals surface area contributed by atoms with Crippen LogP contribution in [0.15, 0.2) is 53.7 Å². The topological polar surface area (TPSA) is 88.5 Å². The minimum Gasteiger partial charge on any atom is -0.496 e. The zero-order chi connectivity index (χ0) is 22.0. The van der Waals surface area contributed by atoms with Crippen molar-refractivity contribution >= 4 is 15.8 Å². The number of benzene rings is 1. The molecule has 3 aromatic rings. The lowest BCUT2D eigenvalue weighted by molar-refractivity contribution is 0.382. The second kappa shape index (κ2) is 8.60. The third-order valence-corrected chi connectivity index (χ3v) is 7.52. The number of piperazine rings is 1. The molecule has 162 valence electrons. The minimum absolute atomic E-state index is 0.333. The first-order valence-corrected chi connectivity index (χ1v) is 11.5. The van der Waals surface area contributed by atoms with Crippen LogP contribution in [-0.2, 0) is 10.0 Å². The van der Waals surface area contributed by atoms with Gasteiger partial charge in [-0.3, -0.25) is 4.98 Å². The van der Waals surface area contributed by atoms with Crippen LogP contribution in [0.1, 0.15) is 11.1 Å². The maximum Gasteiger partial charge on any atom is 0.243 e. The van der Waals surface area contributed by atoms with Crippen molar-refractivity contribution in [3.8, 4) is 17.0 Å². The van der Waals surface area contributed by atoms with Gasteiger partial charge in [0.2, 0.25) is 10.0 Å². The lowest BCUT2D eigenvalue weighted by atomic mass is 10.1. The normalized spacial score (nSPS) is 15.1. The van der Waals surface area contributed by atoms with Gasteiger partial charge in [-0.2, -0.15) is 4.31 Å². The molecule has 0 saturated carbocycles. The molecule has 8 nitrogen and oxygen atoms in total. The molecule has 0 amide bonds. The summed E-state index contributed by atoms with van der Waals surface area (Å²) < 4.78 is 33.3. The molecule has 0 radical (unpaired) electrons. The number of hydrogen-bond acceptors (Lipinski definition) is 7. The average molecular weight is 440 g/mol. The molecular weight excluding hydrogens is 414 g/mol. The first-order chi connectivity index (χ1) is 14.9. The molecule has 0 N–H and O–H groups in total. The standard InChI is InChI=1S/C22H25N5O3S/c1-16-14-21(17(2)13-20(16)30-3)31(28,29)27-11-9-26(10-12-27)22-7-6-19(24-25-22)18-5-4-8-23-15-18/h4-8,13-15H,9-12H2,1-3H3. The fourth-order valence-corrected chi connectivity index (χ4v) is 5.43. The van der Waals surface area contributed by atoms with Crippen LogP contribution in [0, 0.1) is 13.8 Å². The summed E-state index contributed by atoms with van der Waals surface area (Å²) in [6, 6.07) is 11.1. The van der Waals surface area contributed by atoms with Crippen molar-refractivity contribution in [2.24, 2.45) is 0 Å². The molecule has 0 bridgehead atoms. The second-order valence-electron chi connectivity index (χ2n) is 7.50. The van der Waals surface area contributed by atoms with E-state index in [2.05, 4.69) is 20.1 Å². The van der Waals surface area contributed by atoms with Crippen LogP contribution in [0.3, 0.4) is 0 Å². The maximum atomic E-state index is 13.2. The molecule has 31 heavy (non-hydrogen) atoms. The van der Waals surface area contributed by atoms with Gasteiger partial charge in [-0.25, -0.2) is 8.42 Å². The zero-order valence-corrected chi connectivity index (χ0v) is 18.6. The molecule has 0 aliphatic carbocycles. The Bertz CT molecular complexity index is 1160. The Morgan fingerprint density at radius 1 is 0.968 bits per heavy atom. The average Bonchev–Trinajstić information content (AvgIpc) is 2.81. The van der Waals surface area contributed by atoms with Gasteiger partial charge in [-0.15, -0.1) is 10.2 Å². The van der Waals surface area contributed by atoms with Gasteiger partial charge in [0.15, 0.2) is 5.82 Å². The molecule has 1 saturated heterocycles. The monoisotopic (exact) mass is 439 g/mol. The molecule has 1 aromatic carbocycles. The molecule has 3 heterocycles. The Morgan fingerprint density at radius 3 is 2.35 bits per heavy atom. The van der Waals surface area contributed by atoms with Gasteiger partial charge in [-0.1, -0.05) is 0 Å². The van der Waals surface area contributed by atoms with Gasteiger partial charge in [0, 0.05) is 44.1 Å². The van der Waals surface area contributed by atoms with Crippen LogP contribution in [-0.4, -0.2) is 61.2 Å². The number of methoxy groups -OCH3 is 1. The number of hydrogen-bond donors (Lipinski definition) is 0.